The van der Waals surface area contributed by atoms with Gasteiger partial charge in [0.05, 0.1) is 11.5 Å². The number of likely N-dealkylation sites (N-methyl/N-ethyl adjacent to an activating group) is 1. The molecule has 0 aromatic heterocycles. The van der Waals surface area contributed by atoms with Crippen LogP contribution in [0, 0.1) is 0 Å². The van der Waals surface area contributed by atoms with Crippen molar-refractivity contribution in [3.05, 3.63) is 29.8 Å². The van der Waals surface area contributed by atoms with Crippen LogP contribution in [0.5, 0.6) is 0 Å². The van der Waals surface area contributed by atoms with E-state index in [1.807, 2.05) is 0 Å². The molecular formula is C15H20N2O4. The van der Waals surface area contributed by atoms with Crippen LogP contribution < -0.4 is 5.32 Å². The number of amides is 2. The molecule has 1 aliphatic carbocycles. The van der Waals surface area contributed by atoms with E-state index in [2.05, 4.69) is 5.32 Å². The topological polar surface area (TPSA) is 89.9 Å². The average molecular weight is 292 g/mol. The van der Waals surface area contributed by atoms with E-state index in [-0.39, 0.29) is 12.6 Å². The highest BCUT2D eigenvalue weighted by Gasteiger charge is 2.51. The first-order valence-electron chi connectivity index (χ1n) is 6.89. The van der Waals surface area contributed by atoms with Gasteiger partial charge in [-0.05, 0) is 37.5 Å². The number of urea groups is 1. The van der Waals surface area contributed by atoms with E-state index < -0.39 is 17.5 Å². The number of carboxylic acids is 1. The van der Waals surface area contributed by atoms with Gasteiger partial charge < -0.3 is 20.4 Å². The number of aliphatic hydroxyl groups excluding tert-OH is 1. The minimum Gasteiger partial charge on any atom is -0.481 e. The van der Waals surface area contributed by atoms with Crippen LogP contribution in [0.3, 0.4) is 0 Å². The van der Waals surface area contributed by atoms with Crippen molar-refractivity contribution in [2.75, 3.05) is 18.9 Å². The van der Waals surface area contributed by atoms with Crippen LogP contribution >= 0.6 is 0 Å². The summed E-state index contributed by atoms with van der Waals surface area (Å²) in [6, 6.07) is 6.57. The highest BCUT2D eigenvalue weighted by Crippen LogP contribution is 2.48. The summed E-state index contributed by atoms with van der Waals surface area (Å²) < 4.78 is 0. The fourth-order valence-electron chi connectivity index (χ4n) is 2.32. The molecule has 1 saturated carbocycles. The lowest BCUT2D eigenvalue weighted by atomic mass is 9.96. The van der Waals surface area contributed by atoms with E-state index in [0.717, 1.165) is 5.56 Å². The Labute approximate surface area is 123 Å². The van der Waals surface area contributed by atoms with E-state index in [1.165, 1.54) is 4.90 Å². The monoisotopic (exact) mass is 292 g/mol. The van der Waals surface area contributed by atoms with Gasteiger partial charge in [-0.2, -0.15) is 0 Å². The summed E-state index contributed by atoms with van der Waals surface area (Å²) in [6.45, 7) is 1.85. The summed E-state index contributed by atoms with van der Waals surface area (Å²) in [6.07, 6.45) is 0.726. The molecule has 0 radical (unpaired) electrons. The fourth-order valence-corrected chi connectivity index (χ4v) is 2.32. The molecule has 1 fully saturated rings. The fraction of sp³-hybridized carbons (Fsp3) is 0.467. The molecule has 0 spiro atoms. The third kappa shape index (κ3) is 3.33. The number of anilines is 1. The Hall–Kier alpha value is -2.08. The number of carbonyl (C=O) groups excluding carboxylic acids is 1. The van der Waals surface area contributed by atoms with Gasteiger partial charge in [0.1, 0.15) is 0 Å². The molecule has 3 N–H and O–H groups in total. The van der Waals surface area contributed by atoms with Gasteiger partial charge in [-0.25, -0.2) is 4.79 Å². The van der Waals surface area contributed by atoms with Crippen molar-refractivity contribution in [2.24, 2.45) is 0 Å². The molecule has 1 aromatic rings. The summed E-state index contributed by atoms with van der Waals surface area (Å²) in [7, 11) is 1.60. The van der Waals surface area contributed by atoms with Crippen LogP contribution in [0.15, 0.2) is 24.3 Å². The lowest BCUT2D eigenvalue weighted by Crippen LogP contribution is -2.36. The van der Waals surface area contributed by atoms with Crippen LogP contribution in [0.4, 0.5) is 10.5 Å². The van der Waals surface area contributed by atoms with E-state index in [1.54, 1.807) is 38.2 Å². The largest absolute Gasteiger partial charge is 0.481 e. The summed E-state index contributed by atoms with van der Waals surface area (Å²) in [5, 5.41) is 21.2. The Bertz CT molecular complexity index is 535. The van der Waals surface area contributed by atoms with Crippen molar-refractivity contribution in [3.8, 4) is 0 Å². The Kier molecular flexibility index (Phi) is 4.18. The first kappa shape index (κ1) is 15.3. The second-order valence-electron chi connectivity index (χ2n) is 5.62. The molecule has 2 rings (SSSR count). The van der Waals surface area contributed by atoms with E-state index >= 15 is 0 Å². The molecule has 6 heteroatoms. The van der Waals surface area contributed by atoms with Crippen molar-refractivity contribution in [2.45, 2.75) is 31.3 Å². The van der Waals surface area contributed by atoms with Gasteiger partial charge >= 0.3 is 12.0 Å². The normalized spacial score (nSPS) is 16.9. The summed E-state index contributed by atoms with van der Waals surface area (Å²) in [5.74, 6) is -0.795. The summed E-state index contributed by atoms with van der Waals surface area (Å²) in [5.41, 5.74) is 0.638. The molecule has 21 heavy (non-hydrogen) atoms. The van der Waals surface area contributed by atoms with E-state index in [4.69, 9.17) is 0 Å². The van der Waals surface area contributed by atoms with Crippen molar-refractivity contribution in [1.29, 1.82) is 0 Å². The number of hydrogen-bond donors (Lipinski definition) is 3. The quantitative estimate of drug-likeness (QED) is 0.769. The van der Waals surface area contributed by atoms with Gasteiger partial charge in [0.25, 0.3) is 0 Å². The van der Waals surface area contributed by atoms with Crippen molar-refractivity contribution < 1.29 is 19.8 Å². The Balaban J connectivity index is 2.00. The zero-order chi connectivity index (χ0) is 15.6. The Morgan fingerprint density at radius 2 is 1.90 bits per heavy atom. The van der Waals surface area contributed by atoms with Crippen molar-refractivity contribution >= 4 is 17.7 Å². The average Bonchev–Trinajstić information content (AvgIpc) is 3.20. The van der Waals surface area contributed by atoms with Crippen molar-refractivity contribution in [3.63, 3.8) is 0 Å². The second-order valence-corrected chi connectivity index (χ2v) is 5.62. The predicted octanol–water partition coefficient (Wildman–Crippen LogP) is 1.65. The van der Waals surface area contributed by atoms with Crippen LogP contribution in [-0.4, -0.2) is 46.8 Å². The summed E-state index contributed by atoms with van der Waals surface area (Å²) >= 11 is 0. The Morgan fingerprint density at radius 3 is 2.33 bits per heavy atom. The van der Waals surface area contributed by atoms with Gasteiger partial charge in [-0.15, -0.1) is 0 Å². The van der Waals surface area contributed by atoms with Gasteiger partial charge in [0.2, 0.25) is 0 Å². The number of rotatable bonds is 5. The molecule has 0 saturated heterocycles. The lowest BCUT2D eigenvalue weighted by molar-refractivity contribution is -0.140. The van der Waals surface area contributed by atoms with Gasteiger partial charge in [0.15, 0.2) is 0 Å². The second kappa shape index (κ2) is 5.73. The van der Waals surface area contributed by atoms with Gasteiger partial charge in [-0.3, -0.25) is 4.79 Å². The smallest absolute Gasteiger partial charge is 0.321 e. The molecular weight excluding hydrogens is 272 g/mol. The molecule has 2 amide bonds. The SMILES string of the molecule is CC(O)CN(C)C(=O)Nc1ccc(C2(C(=O)O)CC2)cc1. The van der Waals surface area contributed by atoms with Crippen LogP contribution in [0.2, 0.25) is 0 Å². The third-order valence-corrected chi connectivity index (χ3v) is 3.73. The number of carbonyl (C=O) groups is 2. The van der Waals surface area contributed by atoms with Gasteiger partial charge in [0, 0.05) is 19.3 Å². The first-order chi connectivity index (χ1) is 9.85. The number of benzene rings is 1. The van der Waals surface area contributed by atoms with E-state index in [0.29, 0.717) is 18.5 Å². The molecule has 1 aliphatic rings. The summed E-state index contributed by atoms with van der Waals surface area (Å²) in [4.78, 5) is 24.5. The standard InChI is InChI=1S/C15H20N2O4/c1-10(18)9-17(2)14(21)16-12-5-3-11(4-6-12)15(7-8-15)13(19)20/h3-6,10,18H,7-9H2,1-2H3,(H,16,21)(H,19,20). The van der Waals surface area contributed by atoms with Crippen molar-refractivity contribution in [1.82, 2.24) is 4.90 Å². The van der Waals surface area contributed by atoms with Gasteiger partial charge in [-0.1, -0.05) is 12.1 Å². The zero-order valence-electron chi connectivity index (χ0n) is 12.2. The molecule has 1 atom stereocenters. The zero-order valence-corrected chi connectivity index (χ0v) is 12.2. The molecule has 1 unspecified atom stereocenters. The Morgan fingerprint density at radius 1 is 1.33 bits per heavy atom. The molecule has 0 heterocycles. The first-order valence-corrected chi connectivity index (χ1v) is 6.89. The maximum Gasteiger partial charge on any atom is 0.321 e. The van der Waals surface area contributed by atoms with E-state index in [9.17, 15) is 19.8 Å². The number of carboxylic acid groups (broad SMARTS) is 1. The number of aliphatic hydroxyl groups is 1. The lowest BCUT2D eigenvalue weighted by Gasteiger charge is -2.19. The highest BCUT2D eigenvalue weighted by molar-refractivity contribution is 5.89. The maximum atomic E-state index is 11.9. The predicted molar refractivity (Wildman–Crippen MR) is 78.3 cm³/mol. The molecule has 0 aliphatic heterocycles. The minimum absolute atomic E-state index is 0.242. The third-order valence-electron chi connectivity index (χ3n) is 3.73. The molecule has 6 nitrogen and oxygen atoms in total. The highest BCUT2D eigenvalue weighted by atomic mass is 16.4. The number of hydrogen-bond acceptors (Lipinski definition) is 3. The maximum absolute atomic E-state index is 11.9. The number of aliphatic carboxylic acids is 1. The van der Waals surface area contributed by atoms with Crippen LogP contribution in [-0.2, 0) is 10.2 Å². The molecule has 114 valence electrons. The molecule has 1 aromatic carbocycles. The van der Waals surface area contributed by atoms with Crippen LogP contribution in [0.1, 0.15) is 25.3 Å². The number of nitrogens with one attached hydrogen (secondary N) is 1. The number of nitrogens with zero attached hydrogens (tertiary/aromatic N) is 1. The minimum atomic E-state index is -0.795. The van der Waals surface area contributed by atoms with Crippen LogP contribution in [0.25, 0.3) is 0 Å². The molecule has 0 bridgehead atoms.